The molecular weight excluding hydrogens is 218 g/mol. The highest BCUT2D eigenvalue weighted by Crippen LogP contribution is 2.27. The van der Waals surface area contributed by atoms with Gasteiger partial charge < -0.3 is 14.7 Å². The van der Waals surface area contributed by atoms with Crippen molar-refractivity contribution in [1.29, 1.82) is 0 Å². The number of rotatable bonds is 4. The van der Waals surface area contributed by atoms with Gasteiger partial charge in [0.25, 0.3) is 0 Å². The molecule has 1 N–H and O–H groups in total. The van der Waals surface area contributed by atoms with Gasteiger partial charge in [0, 0.05) is 25.3 Å². The Labute approximate surface area is 102 Å². The highest BCUT2D eigenvalue weighted by atomic mass is 16.5. The van der Waals surface area contributed by atoms with Crippen molar-refractivity contribution in [1.82, 2.24) is 0 Å². The number of carbonyl (C=O) groups is 1. The molecule has 1 rings (SSSR count). The van der Waals surface area contributed by atoms with Crippen LogP contribution in [0.2, 0.25) is 0 Å². The number of aryl methyl sites for hydroxylation is 1. The normalized spacial score (nSPS) is 12.1. The van der Waals surface area contributed by atoms with E-state index in [-0.39, 0.29) is 0 Å². The second-order valence-electron chi connectivity index (χ2n) is 4.07. The largest absolute Gasteiger partial charge is 0.467 e. The van der Waals surface area contributed by atoms with E-state index in [1.807, 2.05) is 44.1 Å². The van der Waals surface area contributed by atoms with Crippen LogP contribution >= 0.6 is 0 Å². The Kier molecular flexibility index (Phi) is 4.52. The Bertz CT molecular complexity index is 402. The van der Waals surface area contributed by atoms with Crippen LogP contribution in [0, 0.1) is 0 Å². The maximum absolute atomic E-state index is 11.4. The molecule has 0 spiro atoms. The predicted molar refractivity (Wildman–Crippen MR) is 67.1 cm³/mol. The summed E-state index contributed by atoms with van der Waals surface area (Å²) >= 11 is 0. The topological polar surface area (TPSA) is 49.8 Å². The summed E-state index contributed by atoms with van der Waals surface area (Å²) in [7, 11) is 5.01. The summed E-state index contributed by atoms with van der Waals surface area (Å²) in [6.45, 7) is 2.03. The number of ether oxygens (including phenoxy) is 1. The molecule has 1 atom stereocenters. The first-order valence-corrected chi connectivity index (χ1v) is 5.57. The molecule has 0 aliphatic rings. The summed E-state index contributed by atoms with van der Waals surface area (Å²) in [6, 6.07) is 5.74. The fourth-order valence-electron chi connectivity index (χ4n) is 1.69. The number of esters is 1. The molecule has 1 aromatic rings. The smallest absolute Gasteiger partial charge is 0.339 e. The van der Waals surface area contributed by atoms with Gasteiger partial charge >= 0.3 is 5.97 Å². The van der Waals surface area contributed by atoms with Gasteiger partial charge in [-0.2, -0.15) is 0 Å². The van der Waals surface area contributed by atoms with E-state index in [0.29, 0.717) is 5.56 Å². The number of benzene rings is 1. The zero-order chi connectivity index (χ0) is 13.0. The van der Waals surface area contributed by atoms with Gasteiger partial charge in [0.15, 0.2) is 6.10 Å². The van der Waals surface area contributed by atoms with Crippen LogP contribution in [0.15, 0.2) is 18.2 Å². The van der Waals surface area contributed by atoms with Gasteiger partial charge in [0.2, 0.25) is 0 Å². The average molecular weight is 237 g/mol. The van der Waals surface area contributed by atoms with Crippen molar-refractivity contribution in [3.8, 4) is 0 Å². The number of hydrogen-bond donors (Lipinski definition) is 1. The Hall–Kier alpha value is -1.55. The molecule has 0 aliphatic carbocycles. The number of aliphatic hydroxyl groups is 1. The molecule has 0 heterocycles. The van der Waals surface area contributed by atoms with Gasteiger partial charge in [-0.25, -0.2) is 4.79 Å². The highest BCUT2D eigenvalue weighted by Gasteiger charge is 2.22. The zero-order valence-electron chi connectivity index (χ0n) is 10.7. The number of methoxy groups -OCH3 is 1. The lowest BCUT2D eigenvalue weighted by Crippen LogP contribution is -2.19. The van der Waals surface area contributed by atoms with Crippen LogP contribution in [0.1, 0.15) is 24.2 Å². The van der Waals surface area contributed by atoms with Crippen molar-refractivity contribution >= 4 is 11.7 Å². The molecule has 94 valence electrons. The summed E-state index contributed by atoms with van der Waals surface area (Å²) in [4.78, 5) is 13.3. The molecule has 0 amide bonds. The Morgan fingerprint density at radius 3 is 2.59 bits per heavy atom. The lowest BCUT2D eigenvalue weighted by atomic mass is 10.0. The lowest BCUT2D eigenvalue weighted by Gasteiger charge is -2.20. The van der Waals surface area contributed by atoms with Crippen molar-refractivity contribution in [3.63, 3.8) is 0 Å². The number of nitrogens with zero attached hydrogens (tertiary/aromatic N) is 1. The molecule has 0 bridgehead atoms. The SMILES string of the molecule is CCc1ccc(N(C)C)c(C(O)C(=O)OC)c1. The molecule has 4 heteroatoms. The van der Waals surface area contributed by atoms with E-state index in [1.54, 1.807) is 0 Å². The minimum atomic E-state index is -1.23. The van der Waals surface area contributed by atoms with Gasteiger partial charge in [-0.05, 0) is 18.1 Å². The van der Waals surface area contributed by atoms with E-state index >= 15 is 0 Å². The number of hydrogen-bond acceptors (Lipinski definition) is 4. The van der Waals surface area contributed by atoms with Crippen LogP contribution < -0.4 is 4.90 Å². The van der Waals surface area contributed by atoms with Crippen molar-refractivity contribution in [3.05, 3.63) is 29.3 Å². The second-order valence-corrected chi connectivity index (χ2v) is 4.07. The standard InChI is InChI=1S/C13H19NO3/c1-5-9-6-7-11(14(2)3)10(8-9)12(15)13(16)17-4/h6-8,12,15H,5H2,1-4H3. The van der Waals surface area contributed by atoms with Crippen LogP contribution in [0.25, 0.3) is 0 Å². The fraction of sp³-hybridized carbons (Fsp3) is 0.462. The van der Waals surface area contributed by atoms with Gasteiger partial charge in [-0.1, -0.05) is 19.1 Å². The first-order valence-electron chi connectivity index (χ1n) is 5.57. The summed E-state index contributed by atoms with van der Waals surface area (Å²) in [5.74, 6) is -0.638. The summed E-state index contributed by atoms with van der Waals surface area (Å²) in [6.07, 6.45) is -0.377. The van der Waals surface area contributed by atoms with Gasteiger partial charge in [-0.3, -0.25) is 0 Å². The summed E-state index contributed by atoms with van der Waals surface area (Å²) < 4.78 is 4.57. The Morgan fingerprint density at radius 2 is 2.12 bits per heavy atom. The number of anilines is 1. The third-order valence-corrected chi connectivity index (χ3v) is 2.70. The van der Waals surface area contributed by atoms with E-state index in [0.717, 1.165) is 17.7 Å². The van der Waals surface area contributed by atoms with Crippen LogP contribution in [0.5, 0.6) is 0 Å². The molecule has 0 aliphatic heterocycles. The van der Waals surface area contributed by atoms with Gasteiger partial charge in [-0.15, -0.1) is 0 Å². The molecule has 1 aromatic carbocycles. The summed E-state index contributed by atoms with van der Waals surface area (Å²) in [5.41, 5.74) is 2.48. The van der Waals surface area contributed by atoms with Crippen LogP contribution in [0.3, 0.4) is 0 Å². The first kappa shape index (κ1) is 13.5. The average Bonchev–Trinajstić information content (AvgIpc) is 2.35. The second kappa shape index (κ2) is 5.68. The van der Waals surface area contributed by atoms with Crippen molar-refractivity contribution in [2.75, 3.05) is 26.1 Å². The van der Waals surface area contributed by atoms with Crippen molar-refractivity contribution < 1.29 is 14.6 Å². The molecule has 0 aromatic heterocycles. The molecule has 17 heavy (non-hydrogen) atoms. The zero-order valence-corrected chi connectivity index (χ0v) is 10.7. The molecule has 0 fully saturated rings. The minimum Gasteiger partial charge on any atom is -0.467 e. The van der Waals surface area contributed by atoms with E-state index in [1.165, 1.54) is 7.11 Å². The summed E-state index contributed by atoms with van der Waals surface area (Å²) in [5, 5.41) is 9.94. The highest BCUT2D eigenvalue weighted by molar-refractivity contribution is 5.79. The molecule has 4 nitrogen and oxygen atoms in total. The molecule has 0 saturated carbocycles. The van der Waals surface area contributed by atoms with Crippen molar-refractivity contribution in [2.24, 2.45) is 0 Å². The van der Waals surface area contributed by atoms with Gasteiger partial charge in [0.05, 0.1) is 7.11 Å². The van der Waals surface area contributed by atoms with Crippen LogP contribution in [-0.2, 0) is 16.0 Å². The molecule has 0 radical (unpaired) electrons. The van der Waals surface area contributed by atoms with E-state index in [4.69, 9.17) is 0 Å². The van der Waals surface area contributed by atoms with E-state index < -0.39 is 12.1 Å². The maximum Gasteiger partial charge on any atom is 0.339 e. The third kappa shape index (κ3) is 2.97. The predicted octanol–water partition coefficient (Wildman–Crippen LogP) is 1.52. The number of aliphatic hydroxyl groups excluding tert-OH is 1. The quantitative estimate of drug-likeness (QED) is 0.807. The maximum atomic E-state index is 11.4. The molecular formula is C13H19NO3. The van der Waals surface area contributed by atoms with Crippen LogP contribution in [0.4, 0.5) is 5.69 Å². The van der Waals surface area contributed by atoms with E-state index in [2.05, 4.69) is 4.74 Å². The van der Waals surface area contributed by atoms with Crippen LogP contribution in [-0.4, -0.2) is 32.3 Å². The van der Waals surface area contributed by atoms with Crippen molar-refractivity contribution in [2.45, 2.75) is 19.4 Å². The third-order valence-electron chi connectivity index (χ3n) is 2.70. The number of carbonyl (C=O) groups excluding carboxylic acids is 1. The molecule has 1 unspecified atom stereocenters. The molecule has 0 saturated heterocycles. The Balaban J connectivity index is 3.21. The van der Waals surface area contributed by atoms with Gasteiger partial charge in [0.1, 0.15) is 0 Å². The van der Waals surface area contributed by atoms with E-state index in [9.17, 15) is 9.90 Å². The minimum absolute atomic E-state index is 0.584. The monoisotopic (exact) mass is 237 g/mol. The first-order chi connectivity index (χ1) is 8.01. The lowest BCUT2D eigenvalue weighted by molar-refractivity contribution is -0.150. The fourth-order valence-corrected chi connectivity index (χ4v) is 1.69. The Morgan fingerprint density at radius 1 is 1.47 bits per heavy atom.